The van der Waals surface area contributed by atoms with E-state index in [1.165, 1.54) is 0 Å². The van der Waals surface area contributed by atoms with E-state index in [2.05, 4.69) is 36.4 Å². The van der Waals surface area contributed by atoms with Crippen LogP contribution in [0.1, 0.15) is 39.7 Å². The zero-order valence-electron chi connectivity index (χ0n) is 18.0. The summed E-state index contributed by atoms with van der Waals surface area (Å²) < 4.78 is 16.4. The summed E-state index contributed by atoms with van der Waals surface area (Å²) in [6.07, 6.45) is 1.24. The molecule has 1 unspecified atom stereocenters. The minimum Gasteiger partial charge on any atom is -0.491 e. The lowest BCUT2D eigenvalue weighted by atomic mass is 10.0. The zero-order chi connectivity index (χ0) is 19.9. The summed E-state index contributed by atoms with van der Waals surface area (Å²) in [7, 11) is 1.67. The second kappa shape index (κ2) is 16.9. The largest absolute Gasteiger partial charge is 0.491 e. The van der Waals surface area contributed by atoms with Gasteiger partial charge in [-0.15, -0.1) is 24.0 Å². The number of halogens is 1. The van der Waals surface area contributed by atoms with Crippen molar-refractivity contribution in [1.29, 1.82) is 0 Å². The third-order valence-electron chi connectivity index (χ3n) is 4.09. The summed E-state index contributed by atoms with van der Waals surface area (Å²) in [6.45, 7) is 12.7. The summed E-state index contributed by atoms with van der Waals surface area (Å²) >= 11 is 0. The van der Waals surface area contributed by atoms with Crippen LogP contribution in [-0.2, 0) is 16.0 Å². The Labute approximate surface area is 187 Å². The molecule has 6 nitrogen and oxygen atoms in total. The highest BCUT2D eigenvalue weighted by Crippen LogP contribution is 2.13. The minimum absolute atomic E-state index is 0. The Bertz CT molecular complexity index is 524. The summed E-state index contributed by atoms with van der Waals surface area (Å²) in [5, 5.41) is 6.69. The SMILES string of the molecule is CCNC(=NCc1ccc(OCCOC)cc1)NCCC(OCC)C(C)C.I. The van der Waals surface area contributed by atoms with Gasteiger partial charge in [-0.05, 0) is 43.9 Å². The van der Waals surface area contributed by atoms with Crippen LogP contribution in [0, 0.1) is 5.92 Å². The predicted molar refractivity (Wildman–Crippen MR) is 127 cm³/mol. The molecule has 0 aliphatic rings. The van der Waals surface area contributed by atoms with E-state index >= 15 is 0 Å². The van der Waals surface area contributed by atoms with Crippen molar-refractivity contribution < 1.29 is 14.2 Å². The predicted octanol–water partition coefficient (Wildman–Crippen LogP) is 3.84. The van der Waals surface area contributed by atoms with Gasteiger partial charge in [-0.3, -0.25) is 0 Å². The summed E-state index contributed by atoms with van der Waals surface area (Å²) in [5.41, 5.74) is 1.14. The summed E-state index contributed by atoms with van der Waals surface area (Å²) in [6, 6.07) is 8.02. The number of nitrogens with one attached hydrogen (secondary N) is 2. The molecule has 0 heterocycles. The fraction of sp³-hybridized carbons (Fsp3) is 0.667. The molecule has 0 amide bonds. The van der Waals surface area contributed by atoms with Crippen molar-refractivity contribution in [3.05, 3.63) is 29.8 Å². The molecular weight excluding hydrogens is 469 g/mol. The van der Waals surface area contributed by atoms with Crippen LogP contribution < -0.4 is 15.4 Å². The van der Waals surface area contributed by atoms with Crippen molar-refractivity contribution in [2.75, 3.05) is 40.0 Å². The van der Waals surface area contributed by atoms with Gasteiger partial charge in [0, 0.05) is 26.8 Å². The highest BCUT2D eigenvalue weighted by atomic mass is 127. The number of hydrogen-bond donors (Lipinski definition) is 2. The average molecular weight is 507 g/mol. The Morgan fingerprint density at radius 2 is 1.79 bits per heavy atom. The lowest BCUT2D eigenvalue weighted by Crippen LogP contribution is -2.39. The van der Waals surface area contributed by atoms with Crippen molar-refractivity contribution in [2.24, 2.45) is 10.9 Å². The molecule has 0 fully saturated rings. The van der Waals surface area contributed by atoms with Gasteiger partial charge in [0.1, 0.15) is 12.4 Å². The van der Waals surface area contributed by atoms with Crippen molar-refractivity contribution in [2.45, 2.75) is 46.8 Å². The molecule has 0 spiro atoms. The molecule has 0 radical (unpaired) electrons. The maximum Gasteiger partial charge on any atom is 0.191 e. The maximum absolute atomic E-state index is 5.80. The molecule has 1 rings (SSSR count). The zero-order valence-corrected chi connectivity index (χ0v) is 20.3. The molecule has 0 saturated carbocycles. The van der Waals surface area contributed by atoms with E-state index in [1.54, 1.807) is 7.11 Å². The van der Waals surface area contributed by atoms with Crippen LogP contribution in [0.4, 0.5) is 0 Å². The Morgan fingerprint density at radius 3 is 2.36 bits per heavy atom. The van der Waals surface area contributed by atoms with Gasteiger partial charge in [0.25, 0.3) is 0 Å². The summed E-state index contributed by atoms with van der Waals surface area (Å²) in [4.78, 5) is 4.67. The standard InChI is InChI=1S/C21H37N3O3.HI/c1-6-22-21(23-13-12-20(17(3)4)26-7-2)24-16-18-8-10-19(11-9-18)27-15-14-25-5;/h8-11,17,20H,6-7,12-16H2,1-5H3,(H2,22,23,24);1H. The number of aliphatic imine (C=N–C) groups is 1. The van der Waals surface area contributed by atoms with Crippen molar-refractivity contribution in [3.63, 3.8) is 0 Å². The third-order valence-corrected chi connectivity index (χ3v) is 4.09. The van der Waals surface area contributed by atoms with Crippen LogP contribution in [0.5, 0.6) is 5.75 Å². The number of nitrogens with zero attached hydrogens (tertiary/aromatic N) is 1. The maximum atomic E-state index is 5.80. The first-order valence-corrected chi connectivity index (χ1v) is 9.95. The van der Waals surface area contributed by atoms with Gasteiger partial charge >= 0.3 is 0 Å². The molecule has 7 heteroatoms. The van der Waals surface area contributed by atoms with Crippen molar-refractivity contribution >= 4 is 29.9 Å². The molecule has 1 aromatic rings. The highest BCUT2D eigenvalue weighted by Gasteiger charge is 2.12. The normalized spacial score (nSPS) is 12.4. The van der Waals surface area contributed by atoms with Gasteiger partial charge in [-0.25, -0.2) is 4.99 Å². The monoisotopic (exact) mass is 507 g/mol. The molecule has 1 atom stereocenters. The topological polar surface area (TPSA) is 64.1 Å². The van der Waals surface area contributed by atoms with Crippen LogP contribution in [-0.4, -0.2) is 52.1 Å². The Morgan fingerprint density at radius 1 is 1.07 bits per heavy atom. The van der Waals surface area contributed by atoms with E-state index in [4.69, 9.17) is 14.2 Å². The number of benzene rings is 1. The van der Waals surface area contributed by atoms with Gasteiger partial charge in [0.05, 0.1) is 19.3 Å². The first-order chi connectivity index (χ1) is 13.1. The van der Waals surface area contributed by atoms with Gasteiger partial charge < -0.3 is 24.8 Å². The second-order valence-electron chi connectivity index (χ2n) is 6.63. The van der Waals surface area contributed by atoms with Gasteiger partial charge in [-0.1, -0.05) is 26.0 Å². The average Bonchev–Trinajstić information content (AvgIpc) is 2.66. The molecule has 0 bridgehead atoms. The highest BCUT2D eigenvalue weighted by molar-refractivity contribution is 14.0. The fourth-order valence-corrected chi connectivity index (χ4v) is 2.60. The summed E-state index contributed by atoms with van der Waals surface area (Å²) in [5.74, 6) is 2.19. The molecule has 28 heavy (non-hydrogen) atoms. The molecule has 1 aromatic carbocycles. The van der Waals surface area contributed by atoms with E-state index < -0.39 is 0 Å². The fourth-order valence-electron chi connectivity index (χ4n) is 2.60. The van der Waals surface area contributed by atoms with E-state index in [0.717, 1.165) is 43.4 Å². The number of guanidine groups is 1. The Kier molecular flexibility index (Phi) is 16.2. The minimum atomic E-state index is 0. The van der Waals surface area contributed by atoms with Crippen LogP contribution in [0.2, 0.25) is 0 Å². The second-order valence-corrected chi connectivity index (χ2v) is 6.63. The first-order valence-electron chi connectivity index (χ1n) is 9.95. The molecule has 162 valence electrons. The quantitative estimate of drug-likeness (QED) is 0.184. The van der Waals surface area contributed by atoms with Crippen LogP contribution in [0.15, 0.2) is 29.3 Å². The molecule has 0 aromatic heterocycles. The van der Waals surface area contributed by atoms with Crippen molar-refractivity contribution in [3.8, 4) is 5.75 Å². The number of rotatable bonds is 13. The van der Waals surface area contributed by atoms with E-state index in [1.807, 2.05) is 31.2 Å². The van der Waals surface area contributed by atoms with Crippen LogP contribution in [0.25, 0.3) is 0 Å². The first kappa shape index (κ1) is 26.9. The Hall–Kier alpha value is -1.06. The number of ether oxygens (including phenoxy) is 3. The smallest absolute Gasteiger partial charge is 0.191 e. The van der Waals surface area contributed by atoms with Gasteiger partial charge in [0.2, 0.25) is 0 Å². The Balaban J connectivity index is 0.00000729. The van der Waals surface area contributed by atoms with Crippen LogP contribution >= 0.6 is 24.0 Å². The lowest BCUT2D eigenvalue weighted by molar-refractivity contribution is 0.0258. The van der Waals surface area contributed by atoms with E-state index in [9.17, 15) is 0 Å². The van der Waals surface area contributed by atoms with Gasteiger partial charge in [0.15, 0.2) is 5.96 Å². The van der Waals surface area contributed by atoms with E-state index in [0.29, 0.717) is 25.7 Å². The number of hydrogen-bond acceptors (Lipinski definition) is 4. The van der Waals surface area contributed by atoms with Crippen molar-refractivity contribution in [1.82, 2.24) is 10.6 Å². The lowest BCUT2D eigenvalue weighted by Gasteiger charge is -2.21. The third kappa shape index (κ3) is 11.7. The van der Waals surface area contributed by atoms with Crippen LogP contribution in [0.3, 0.4) is 0 Å². The molecule has 0 aliphatic heterocycles. The molecular formula is C21H38IN3O3. The van der Waals surface area contributed by atoms with E-state index in [-0.39, 0.29) is 30.1 Å². The number of methoxy groups -OCH3 is 1. The molecule has 0 saturated heterocycles. The molecule has 2 N–H and O–H groups in total. The van der Waals surface area contributed by atoms with Gasteiger partial charge in [-0.2, -0.15) is 0 Å². The molecule has 0 aliphatic carbocycles.